The molecule has 184 valence electrons. The number of aliphatic imine (C=N–C) groups is 1. The third-order valence-electron chi connectivity index (χ3n) is 5.55. The van der Waals surface area contributed by atoms with Crippen molar-refractivity contribution in [2.24, 2.45) is 16.8 Å². The van der Waals surface area contributed by atoms with E-state index in [-0.39, 0.29) is 29.4 Å². The number of likely N-dealkylation sites (tertiary alicyclic amines) is 1. The molecule has 1 heterocycles. The van der Waals surface area contributed by atoms with Crippen molar-refractivity contribution < 1.29 is 14.2 Å². The largest absolute Gasteiger partial charge is 0.493 e. The quantitative estimate of drug-likeness (QED) is 0.176. The summed E-state index contributed by atoms with van der Waals surface area (Å²) < 4.78 is 16.6. The number of hydrogen-bond donors (Lipinski definition) is 1. The molecule has 1 fully saturated rings. The standard InChI is InChI=1S/C25H43N3O3.HI/c1-7-26-24(28-13-12-21(16-28)18-30-15-14-29-6)27-19-25(4,5)22-8-10-23(11-9-22)31-17-20(2)3;/h8-11,20-21H,7,12-19H2,1-6H3,(H,26,27);1H. The van der Waals surface area contributed by atoms with Crippen molar-refractivity contribution in [2.75, 3.05) is 59.7 Å². The highest BCUT2D eigenvalue weighted by Crippen LogP contribution is 2.26. The Morgan fingerprint density at radius 2 is 1.94 bits per heavy atom. The Labute approximate surface area is 212 Å². The monoisotopic (exact) mass is 561 g/mol. The Bertz CT molecular complexity index is 665. The Kier molecular flexibility index (Phi) is 13.5. The molecule has 0 saturated carbocycles. The molecule has 2 rings (SSSR count). The predicted molar refractivity (Wildman–Crippen MR) is 144 cm³/mol. The van der Waals surface area contributed by atoms with Crippen molar-refractivity contribution in [1.29, 1.82) is 0 Å². The topological polar surface area (TPSA) is 55.3 Å². The van der Waals surface area contributed by atoms with Gasteiger partial charge in [-0.3, -0.25) is 4.99 Å². The van der Waals surface area contributed by atoms with E-state index in [1.807, 2.05) is 0 Å². The molecule has 0 amide bonds. The number of rotatable bonds is 12. The Balaban J connectivity index is 0.00000512. The van der Waals surface area contributed by atoms with Crippen molar-refractivity contribution in [3.05, 3.63) is 29.8 Å². The van der Waals surface area contributed by atoms with E-state index >= 15 is 0 Å². The summed E-state index contributed by atoms with van der Waals surface area (Å²) in [6, 6.07) is 8.48. The van der Waals surface area contributed by atoms with E-state index in [0.717, 1.165) is 57.5 Å². The van der Waals surface area contributed by atoms with Gasteiger partial charge in [0.2, 0.25) is 0 Å². The van der Waals surface area contributed by atoms with Gasteiger partial charge in [-0.2, -0.15) is 0 Å². The molecule has 0 bridgehead atoms. The summed E-state index contributed by atoms with van der Waals surface area (Å²) >= 11 is 0. The van der Waals surface area contributed by atoms with Crippen LogP contribution in [0, 0.1) is 11.8 Å². The maximum atomic E-state index is 5.82. The smallest absolute Gasteiger partial charge is 0.193 e. The number of hydrogen-bond acceptors (Lipinski definition) is 4. The minimum Gasteiger partial charge on any atom is -0.493 e. The number of halogens is 1. The molecule has 0 radical (unpaired) electrons. The summed E-state index contributed by atoms with van der Waals surface area (Å²) in [5, 5.41) is 3.48. The molecule has 1 N–H and O–H groups in total. The molecule has 1 aromatic carbocycles. The average molecular weight is 562 g/mol. The molecule has 1 atom stereocenters. The predicted octanol–water partition coefficient (Wildman–Crippen LogP) is 4.57. The van der Waals surface area contributed by atoms with E-state index < -0.39 is 0 Å². The van der Waals surface area contributed by atoms with E-state index in [9.17, 15) is 0 Å². The lowest BCUT2D eigenvalue weighted by molar-refractivity contribution is 0.0536. The molecule has 1 aromatic rings. The molecule has 1 aliphatic heterocycles. The first-order valence-electron chi connectivity index (χ1n) is 11.7. The van der Waals surface area contributed by atoms with Gasteiger partial charge in [-0.05, 0) is 37.0 Å². The molecule has 1 unspecified atom stereocenters. The third-order valence-corrected chi connectivity index (χ3v) is 5.55. The molecular formula is C25H44IN3O3. The molecule has 6 nitrogen and oxygen atoms in total. The zero-order chi connectivity index (χ0) is 22.7. The fourth-order valence-corrected chi connectivity index (χ4v) is 3.61. The average Bonchev–Trinajstić information content (AvgIpc) is 3.22. The number of ether oxygens (including phenoxy) is 3. The van der Waals surface area contributed by atoms with Crippen molar-refractivity contribution in [3.63, 3.8) is 0 Å². The minimum absolute atomic E-state index is 0. The molecule has 0 spiro atoms. The SMILES string of the molecule is CCNC(=NCC(C)(C)c1ccc(OCC(C)C)cc1)N1CCC(COCCOC)C1.I. The normalized spacial score (nSPS) is 16.9. The fraction of sp³-hybridized carbons (Fsp3) is 0.720. The van der Waals surface area contributed by atoms with Crippen LogP contribution in [0.5, 0.6) is 5.75 Å². The summed E-state index contributed by atoms with van der Waals surface area (Å²) in [5.74, 6) is 3.01. The minimum atomic E-state index is -0.0559. The molecule has 1 aliphatic rings. The van der Waals surface area contributed by atoms with E-state index in [1.54, 1.807) is 7.11 Å². The van der Waals surface area contributed by atoms with Crippen LogP contribution in [0.2, 0.25) is 0 Å². The first kappa shape index (κ1) is 29.0. The molecule has 32 heavy (non-hydrogen) atoms. The summed E-state index contributed by atoms with van der Waals surface area (Å²) in [6.07, 6.45) is 1.14. The van der Waals surface area contributed by atoms with Gasteiger partial charge in [0.05, 0.1) is 33.0 Å². The second kappa shape index (κ2) is 15.0. The zero-order valence-corrected chi connectivity index (χ0v) is 23.2. The van der Waals surface area contributed by atoms with Gasteiger partial charge in [0, 0.05) is 38.1 Å². The Morgan fingerprint density at radius 3 is 2.56 bits per heavy atom. The van der Waals surface area contributed by atoms with Crippen LogP contribution < -0.4 is 10.1 Å². The van der Waals surface area contributed by atoms with Crippen molar-refractivity contribution in [3.8, 4) is 5.75 Å². The lowest BCUT2D eigenvalue weighted by atomic mass is 9.85. The van der Waals surface area contributed by atoms with Gasteiger partial charge in [-0.1, -0.05) is 39.8 Å². The van der Waals surface area contributed by atoms with E-state index in [2.05, 4.69) is 69.1 Å². The van der Waals surface area contributed by atoms with Gasteiger partial charge in [0.25, 0.3) is 0 Å². The number of nitrogens with one attached hydrogen (secondary N) is 1. The van der Waals surface area contributed by atoms with Crippen LogP contribution in [0.25, 0.3) is 0 Å². The molecule has 0 aliphatic carbocycles. The number of guanidine groups is 1. The zero-order valence-electron chi connectivity index (χ0n) is 20.9. The highest BCUT2D eigenvalue weighted by Gasteiger charge is 2.26. The van der Waals surface area contributed by atoms with Gasteiger partial charge < -0.3 is 24.4 Å². The second-order valence-electron chi connectivity index (χ2n) is 9.45. The molecular weight excluding hydrogens is 517 g/mol. The number of nitrogens with zero attached hydrogens (tertiary/aromatic N) is 2. The van der Waals surface area contributed by atoms with Crippen LogP contribution in [-0.4, -0.2) is 70.6 Å². The Hall–Kier alpha value is -1.06. The Morgan fingerprint density at radius 1 is 1.22 bits per heavy atom. The van der Waals surface area contributed by atoms with E-state index in [4.69, 9.17) is 19.2 Å². The van der Waals surface area contributed by atoms with Gasteiger partial charge in [0.1, 0.15) is 5.75 Å². The van der Waals surface area contributed by atoms with Gasteiger partial charge in [-0.25, -0.2) is 0 Å². The van der Waals surface area contributed by atoms with Gasteiger partial charge in [0.15, 0.2) is 5.96 Å². The summed E-state index contributed by atoms with van der Waals surface area (Å²) in [5.41, 5.74) is 1.22. The fourth-order valence-electron chi connectivity index (χ4n) is 3.61. The second-order valence-corrected chi connectivity index (χ2v) is 9.45. The lowest BCUT2D eigenvalue weighted by Crippen LogP contribution is -2.41. The summed E-state index contributed by atoms with van der Waals surface area (Å²) in [4.78, 5) is 7.38. The third kappa shape index (κ3) is 9.83. The lowest BCUT2D eigenvalue weighted by Gasteiger charge is -2.26. The van der Waals surface area contributed by atoms with E-state index in [1.165, 1.54) is 5.56 Å². The van der Waals surface area contributed by atoms with Gasteiger partial charge >= 0.3 is 0 Å². The van der Waals surface area contributed by atoms with Crippen molar-refractivity contribution in [2.45, 2.75) is 46.5 Å². The summed E-state index contributed by atoms with van der Waals surface area (Å²) in [6.45, 7) is 17.4. The molecule has 0 aromatic heterocycles. The van der Waals surface area contributed by atoms with E-state index in [0.29, 0.717) is 25.0 Å². The van der Waals surface area contributed by atoms with Crippen LogP contribution in [0.4, 0.5) is 0 Å². The first-order valence-corrected chi connectivity index (χ1v) is 11.7. The van der Waals surface area contributed by atoms with Crippen molar-refractivity contribution >= 4 is 29.9 Å². The maximum absolute atomic E-state index is 5.82. The summed E-state index contributed by atoms with van der Waals surface area (Å²) in [7, 11) is 1.70. The first-order chi connectivity index (χ1) is 14.9. The van der Waals surface area contributed by atoms with Crippen molar-refractivity contribution in [1.82, 2.24) is 10.2 Å². The van der Waals surface area contributed by atoms with Crippen LogP contribution in [0.1, 0.15) is 46.6 Å². The number of methoxy groups -OCH3 is 1. The molecule has 1 saturated heterocycles. The van der Waals surface area contributed by atoms with Crippen LogP contribution in [-0.2, 0) is 14.9 Å². The maximum Gasteiger partial charge on any atom is 0.193 e. The highest BCUT2D eigenvalue weighted by molar-refractivity contribution is 14.0. The van der Waals surface area contributed by atoms with Gasteiger partial charge in [-0.15, -0.1) is 24.0 Å². The van der Waals surface area contributed by atoms with Crippen LogP contribution in [0.3, 0.4) is 0 Å². The number of benzene rings is 1. The van der Waals surface area contributed by atoms with Crippen LogP contribution >= 0.6 is 24.0 Å². The van der Waals surface area contributed by atoms with Crippen LogP contribution in [0.15, 0.2) is 29.3 Å². The molecule has 7 heteroatoms. The highest BCUT2D eigenvalue weighted by atomic mass is 127.